The molecule has 0 saturated heterocycles. The highest BCUT2D eigenvalue weighted by Crippen LogP contribution is 2.39. The molecule has 0 heterocycles. The Hall–Kier alpha value is -1.56. The molecule has 6 heteroatoms. The maximum atomic E-state index is 11.8. The van der Waals surface area contributed by atoms with E-state index < -0.39 is 5.97 Å². The Kier molecular flexibility index (Phi) is 5.64. The Morgan fingerprint density at radius 1 is 1.11 bits per heavy atom. The van der Waals surface area contributed by atoms with Crippen molar-refractivity contribution in [2.45, 2.75) is 0 Å². The van der Waals surface area contributed by atoms with Gasteiger partial charge in [-0.15, -0.1) is 11.8 Å². The zero-order valence-corrected chi connectivity index (χ0v) is 11.6. The predicted octanol–water partition coefficient (Wildman–Crippen LogP) is 2.19. The van der Waals surface area contributed by atoms with Gasteiger partial charge in [-0.1, -0.05) is 0 Å². The average molecular weight is 272 g/mol. The van der Waals surface area contributed by atoms with Crippen LogP contribution in [0.2, 0.25) is 0 Å². The quantitative estimate of drug-likeness (QED) is 0.584. The fourth-order valence-corrected chi connectivity index (χ4v) is 1.68. The maximum Gasteiger partial charge on any atom is 0.342 e. The molecule has 0 N–H and O–H groups in total. The molecule has 0 bridgehead atoms. The highest BCUT2D eigenvalue weighted by molar-refractivity contribution is 7.98. The third kappa shape index (κ3) is 3.01. The number of rotatable bonds is 6. The number of hydrogen-bond acceptors (Lipinski definition) is 6. The first-order valence-corrected chi connectivity index (χ1v) is 6.54. The van der Waals surface area contributed by atoms with E-state index in [1.165, 1.54) is 33.1 Å². The number of benzene rings is 1. The summed E-state index contributed by atoms with van der Waals surface area (Å²) in [6, 6.07) is 3.22. The minimum atomic E-state index is -0.456. The van der Waals surface area contributed by atoms with Gasteiger partial charge in [-0.05, 0) is 18.4 Å². The fraction of sp³-hybridized carbons (Fsp3) is 0.417. The van der Waals surface area contributed by atoms with Crippen LogP contribution in [0.25, 0.3) is 0 Å². The Bertz CT molecular complexity index is 419. The number of hydrogen-bond donors (Lipinski definition) is 0. The van der Waals surface area contributed by atoms with Crippen LogP contribution in [0.15, 0.2) is 12.1 Å². The highest BCUT2D eigenvalue weighted by atomic mass is 32.2. The van der Waals surface area contributed by atoms with Crippen LogP contribution in [0, 0.1) is 0 Å². The Balaban J connectivity index is 3.16. The average Bonchev–Trinajstić information content (AvgIpc) is 2.42. The third-order valence-corrected chi connectivity index (χ3v) is 2.59. The van der Waals surface area contributed by atoms with E-state index in [2.05, 4.69) is 0 Å². The Morgan fingerprint density at radius 3 is 2.28 bits per heavy atom. The molecule has 0 amide bonds. The van der Waals surface area contributed by atoms with Crippen molar-refractivity contribution in [3.05, 3.63) is 17.7 Å². The van der Waals surface area contributed by atoms with Gasteiger partial charge in [0.15, 0.2) is 11.5 Å². The van der Waals surface area contributed by atoms with E-state index in [1.807, 2.05) is 6.26 Å². The summed E-state index contributed by atoms with van der Waals surface area (Å²) in [5.41, 5.74) is 0.309. The van der Waals surface area contributed by atoms with E-state index in [-0.39, 0.29) is 5.94 Å². The molecular formula is C12H16O5S. The molecule has 1 aromatic carbocycles. The largest absolute Gasteiger partial charge is 0.493 e. The van der Waals surface area contributed by atoms with Gasteiger partial charge in [-0.2, -0.15) is 0 Å². The summed E-state index contributed by atoms with van der Waals surface area (Å²) in [4.78, 5) is 11.8. The van der Waals surface area contributed by atoms with Gasteiger partial charge in [0.1, 0.15) is 11.5 Å². The number of carbonyl (C=O) groups is 1. The van der Waals surface area contributed by atoms with Crippen molar-refractivity contribution in [3.8, 4) is 17.2 Å². The minimum Gasteiger partial charge on any atom is -0.493 e. The number of thioether (sulfide) groups is 1. The van der Waals surface area contributed by atoms with Crippen molar-refractivity contribution >= 4 is 17.7 Å². The normalized spacial score (nSPS) is 9.78. The lowest BCUT2D eigenvalue weighted by atomic mass is 10.1. The summed E-state index contributed by atoms with van der Waals surface area (Å²) in [6.45, 7) is 0. The molecule has 100 valence electrons. The summed E-state index contributed by atoms with van der Waals surface area (Å²) in [5.74, 6) is 1.01. The molecule has 0 unspecified atom stereocenters. The van der Waals surface area contributed by atoms with Crippen molar-refractivity contribution in [2.24, 2.45) is 0 Å². The molecule has 5 nitrogen and oxygen atoms in total. The van der Waals surface area contributed by atoms with E-state index >= 15 is 0 Å². The summed E-state index contributed by atoms with van der Waals surface area (Å²) in [7, 11) is 4.46. The van der Waals surface area contributed by atoms with E-state index in [0.29, 0.717) is 22.8 Å². The molecule has 0 saturated carbocycles. The highest BCUT2D eigenvalue weighted by Gasteiger charge is 2.21. The number of carbonyl (C=O) groups excluding carboxylic acids is 1. The van der Waals surface area contributed by atoms with Gasteiger partial charge >= 0.3 is 5.97 Å². The molecule has 0 aliphatic heterocycles. The number of esters is 1. The lowest BCUT2D eigenvalue weighted by Gasteiger charge is -2.14. The first-order valence-electron chi connectivity index (χ1n) is 5.14. The summed E-state index contributed by atoms with van der Waals surface area (Å²) >= 11 is 1.42. The molecule has 0 spiro atoms. The van der Waals surface area contributed by atoms with E-state index in [0.717, 1.165) is 0 Å². The van der Waals surface area contributed by atoms with Crippen molar-refractivity contribution in [3.63, 3.8) is 0 Å². The van der Waals surface area contributed by atoms with Gasteiger partial charge in [-0.25, -0.2) is 4.79 Å². The molecule has 18 heavy (non-hydrogen) atoms. The minimum absolute atomic E-state index is 0.288. The first kappa shape index (κ1) is 14.5. The van der Waals surface area contributed by atoms with Gasteiger partial charge in [0, 0.05) is 0 Å². The van der Waals surface area contributed by atoms with Gasteiger partial charge in [0.25, 0.3) is 0 Å². The summed E-state index contributed by atoms with van der Waals surface area (Å²) < 4.78 is 20.6. The monoisotopic (exact) mass is 272 g/mol. The number of methoxy groups -OCH3 is 3. The van der Waals surface area contributed by atoms with Crippen LogP contribution in [-0.4, -0.2) is 39.5 Å². The molecule has 0 fully saturated rings. The van der Waals surface area contributed by atoms with Crippen LogP contribution in [0.5, 0.6) is 17.2 Å². The van der Waals surface area contributed by atoms with Crippen LogP contribution in [-0.2, 0) is 4.74 Å². The third-order valence-electron chi connectivity index (χ3n) is 2.23. The molecule has 0 aromatic heterocycles. The second kappa shape index (κ2) is 7.00. The molecule has 1 aromatic rings. The van der Waals surface area contributed by atoms with Crippen molar-refractivity contribution in [1.82, 2.24) is 0 Å². The maximum absolute atomic E-state index is 11.8. The van der Waals surface area contributed by atoms with Crippen molar-refractivity contribution in [1.29, 1.82) is 0 Å². The van der Waals surface area contributed by atoms with Crippen molar-refractivity contribution in [2.75, 3.05) is 33.5 Å². The van der Waals surface area contributed by atoms with E-state index in [9.17, 15) is 4.79 Å². The first-order chi connectivity index (χ1) is 8.69. The van der Waals surface area contributed by atoms with E-state index in [4.69, 9.17) is 18.9 Å². The fourth-order valence-electron chi connectivity index (χ4n) is 1.45. The predicted molar refractivity (Wildman–Crippen MR) is 69.9 cm³/mol. The SMILES string of the molecule is COc1ccc(C(=O)OCSC)c(OC)c1OC. The molecule has 0 radical (unpaired) electrons. The van der Waals surface area contributed by atoms with Crippen LogP contribution in [0.1, 0.15) is 10.4 Å². The number of ether oxygens (including phenoxy) is 4. The topological polar surface area (TPSA) is 54.0 Å². The van der Waals surface area contributed by atoms with Crippen LogP contribution >= 0.6 is 11.8 Å². The zero-order valence-electron chi connectivity index (χ0n) is 10.8. The smallest absolute Gasteiger partial charge is 0.342 e. The molecule has 0 aliphatic rings. The van der Waals surface area contributed by atoms with Crippen molar-refractivity contribution < 1.29 is 23.7 Å². The van der Waals surface area contributed by atoms with Crippen LogP contribution in [0.4, 0.5) is 0 Å². The van der Waals surface area contributed by atoms with Gasteiger partial charge < -0.3 is 18.9 Å². The summed E-state index contributed by atoms with van der Waals surface area (Å²) in [6.07, 6.45) is 1.85. The van der Waals surface area contributed by atoms with Gasteiger partial charge in [-0.3, -0.25) is 0 Å². The molecule has 0 aliphatic carbocycles. The molecule has 1 rings (SSSR count). The second-order valence-electron chi connectivity index (χ2n) is 3.22. The van der Waals surface area contributed by atoms with Gasteiger partial charge in [0.05, 0.1) is 21.3 Å². The second-order valence-corrected chi connectivity index (χ2v) is 4.03. The van der Waals surface area contributed by atoms with E-state index in [1.54, 1.807) is 12.1 Å². The zero-order chi connectivity index (χ0) is 13.5. The lowest BCUT2D eigenvalue weighted by Crippen LogP contribution is -2.08. The Labute approximate surface area is 110 Å². The lowest BCUT2D eigenvalue weighted by molar-refractivity contribution is 0.0575. The summed E-state index contributed by atoms with van der Waals surface area (Å²) in [5, 5.41) is 0. The molecule has 0 atom stereocenters. The standard InChI is InChI=1S/C12H16O5S/c1-14-9-6-5-8(12(13)17-7-18-4)10(15-2)11(9)16-3/h5-6H,7H2,1-4H3. The van der Waals surface area contributed by atoms with Crippen LogP contribution in [0.3, 0.4) is 0 Å². The molecular weight excluding hydrogens is 256 g/mol. The van der Waals surface area contributed by atoms with Crippen LogP contribution < -0.4 is 14.2 Å². The van der Waals surface area contributed by atoms with Gasteiger partial charge in [0.2, 0.25) is 5.75 Å². The Morgan fingerprint density at radius 2 is 1.78 bits per heavy atom.